The molecule has 0 saturated carbocycles. The number of anilines is 1. The first-order chi connectivity index (χ1) is 8.45. The molecule has 96 valence electrons. The quantitative estimate of drug-likeness (QED) is 0.383. The lowest BCUT2D eigenvalue weighted by Gasteiger charge is -2.05. The lowest BCUT2D eigenvalue weighted by Crippen LogP contribution is -2.35. The fourth-order valence-electron chi connectivity index (χ4n) is 1.24. The van der Waals surface area contributed by atoms with Gasteiger partial charge in [-0.25, -0.2) is 0 Å². The van der Waals surface area contributed by atoms with E-state index in [1.807, 2.05) is 0 Å². The van der Waals surface area contributed by atoms with E-state index in [0.717, 1.165) is 6.07 Å². The number of benzene rings is 1. The smallest absolute Gasteiger partial charge is 0.282 e. The molecule has 0 atom stereocenters. The summed E-state index contributed by atoms with van der Waals surface area (Å²) >= 11 is 0. The molecule has 0 saturated heterocycles. The molecule has 0 fully saturated rings. The van der Waals surface area contributed by atoms with Crippen molar-refractivity contribution in [2.24, 2.45) is 0 Å². The molecule has 0 bridgehead atoms. The highest BCUT2D eigenvalue weighted by Gasteiger charge is 2.20. The van der Waals surface area contributed by atoms with Gasteiger partial charge in [-0.2, -0.15) is 0 Å². The third kappa shape index (κ3) is 3.17. The fourth-order valence-corrected chi connectivity index (χ4v) is 1.24. The molecule has 1 aromatic carbocycles. The van der Waals surface area contributed by atoms with Crippen LogP contribution in [-0.2, 0) is 4.79 Å². The van der Waals surface area contributed by atoms with Crippen LogP contribution in [0, 0.1) is 10.1 Å². The summed E-state index contributed by atoms with van der Waals surface area (Å²) in [5.74, 6) is -1.13. The summed E-state index contributed by atoms with van der Waals surface area (Å²) in [7, 11) is 1.41. The second-order valence-electron chi connectivity index (χ2n) is 3.39. The molecule has 0 spiro atoms. The average Bonchev–Trinajstić information content (AvgIpc) is 2.34. The summed E-state index contributed by atoms with van der Waals surface area (Å²) in [5.41, 5.74) is 5.15. The lowest BCUT2D eigenvalue weighted by molar-refractivity contribution is -0.385. The van der Waals surface area contributed by atoms with Crippen molar-refractivity contribution in [2.75, 3.05) is 19.3 Å². The van der Waals surface area contributed by atoms with Crippen molar-refractivity contribution < 1.29 is 14.5 Å². The number of likely N-dealkylation sites (N-methyl/N-ethyl adjacent to an activating group) is 1. The first kappa shape index (κ1) is 13.4. The standard InChI is InChI=1S/C10H12N4O4/c1-12-9(15)5-13-10(16)7-4-6(11)2-3-8(7)14(17)18/h2-4H,5,11H2,1H3,(H,12,15)(H,13,16). The summed E-state index contributed by atoms with van der Waals surface area (Å²) < 4.78 is 0. The summed E-state index contributed by atoms with van der Waals surface area (Å²) in [6.07, 6.45) is 0. The van der Waals surface area contributed by atoms with E-state index in [2.05, 4.69) is 10.6 Å². The summed E-state index contributed by atoms with van der Waals surface area (Å²) in [5, 5.41) is 15.3. The van der Waals surface area contributed by atoms with Gasteiger partial charge in [-0.1, -0.05) is 0 Å². The van der Waals surface area contributed by atoms with Crippen LogP contribution >= 0.6 is 0 Å². The maximum absolute atomic E-state index is 11.7. The van der Waals surface area contributed by atoms with E-state index in [4.69, 9.17) is 5.73 Å². The predicted octanol–water partition coefficient (Wildman–Crippen LogP) is -0.347. The molecular formula is C10H12N4O4. The number of hydrogen-bond acceptors (Lipinski definition) is 5. The maximum Gasteiger partial charge on any atom is 0.282 e. The van der Waals surface area contributed by atoms with Crippen LogP contribution in [0.3, 0.4) is 0 Å². The van der Waals surface area contributed by atoms with Crippen molar-refractivity contribution >= 4 is 23.2 Å². The second-order valence-corrected chi connectivity index (χ2v) is 3.39. The highest BCUT2D eigenvalue weighted by molar-refractivity contribution is 6.00. The van der Waals surface area contributed by atoms with Gasteiger partial charge in [-0.15, -0.1) is 0 Å². The van der Waals surface area contributed by atoms with Crippen LogP contribution < -0.4 is 16.4 Å². The summed E-state index contributed by atoms with van der Waals surface area (Å²) in [4.78, 5) is 32.7. The van der Waals surface area contributed by atoms with Crippen molar-refractivity contribution in [1.29, 1.82) is 0 Å². The molecule has 0 aromatic heterocycles. The van der Waals surface area contributed by atoms with E-state index in [9.17, 15) is 19.7 Å². The Morgan fingerprint density at radius 2 is 2.11 bits per heavy atom. The molecule has 18 heavy (non-hydrogen) atoms. The molecule has 2 amide bonds. The Hall–Kier alpha value is -2.64. The van der Waals surface area contributed by atoms with Gasteiger partial charge in [0.15, 0.2) is 0 Å². The Morgan fingerprint density at radius 1 is 1.44 bits per heavy atom. The second kappa shape index (κ2) is 5.62. The van der Waals surface area contributed by atoms with Crippen LogP contribution in [0.4, 0.5) is 11.4 Å². The number of nitrogens with zero attached hydrogens (tertiary/aromatic N) is 1. The lowest BCUT2D eigenvalue weighted by atomic mass is 10.1. The Kier molecular flexibility index (Phi) is 4.19. The first-order valence-corrected chi connectivity index (χ1v) is 4.98. The number of carbonyl (C=O) groups is 2. The van der Waals surface area contributed by atoms with Crippen LogP contribution in [-0.4, -0.2) is 30.3 Å². The highest BCUT2D eigenvalue weighted by atomic mass is 16.6. The Morgan fingerprint density at radius 3 is 2.67 bits per heavy atom. The molecule has 4 N–H and O–H groups in total. The minimum absolute atomic E-state index is 0.177. The maximum atomic E-state index is 11.7. The normalized spacial score (nSPS) is 9.61. The van der Waals surface area contributed by atoms with Crippen LogP contribution in [0.5, 0.6) is 0 Å². The number of carbonyl (C=O) groups excluding carboxylic acids is 2. The molecule has 0 radical (unpaired) electrons. The zero-order valence-electron chi connectivity index (χ0n) is 9.60. The monoisotopic (exact) mass is 252 g/mol. The molecule has 0 unspecified atom stereocenters. The number of nitrogens with two attached hydrogens (primary N) is 1. The fraction of sp³-hybridized carbons (Fsp3) is 0.200. The average molecular weight is 252 g/mol. The van der Waals surface area contributed by atoms with Crippen molar-refractivity contribution in [1.82, 2.24) is 10.6 Å². The van der Waals surface area contributed by atoms with Crippen LogP contribution in [0.1, 0.15) is 10.4 Å². The SMILES string of the molecule is CNC(=O)CNC(=O)c1cc(N)ccc1[N+](=O)[O-]. The molecule has 0 aliphatic heterocycles. The highest BCUT2D eigenvalue weighted by Crippen LogP contribution is 2.20. The van der Waals surface area contributed by atoms with E-state index in [1.165, 1.54) is 19.2 Å². The molecular weight excluding hydrogens is 240 g/mol. The largest absolute Gasteiger partial charge is 0.399 e. The van der Waals surface area contributed by atoms with Gasteiger partial charge in [-0.3, -0.25) is 19.7 Å². The van der Waals surface area contributed by atoms with Crippen molar-refractivity contribution in [3.05, 3.63) is 33.9 Å². The van der Waals surface area contributed by atoms with E-state index >= 15 is 0 Å². The summed E-state index contributed by atoms with van der Waals surface area (Å²) in [6, 6.07) is 3.66. The Balaban J connectivity index is 2.93. The van der Waals surface area contributed by atoms with Crippen LogP contribution in [0.15, 0.2) is 18.2 Å². The van der Waals surface area contributed by atoms with Crippen molar-refractivity contribution in [3.63, 3.8) is 0 Å². The molecule has 1 rings (SSSR count). The number of hydrogen-bond donors (Lipinski definition) is 3. The van der Waals surface area contributed by atoms with Crippen molar-refractivity contribution in [3.8, 4) is 0 Å². The Bertz CT molecular complexity index is 501. The van der Waals surface area contributed by atoms with Gasteiger partial charge < -0.3 is 16.4 Å². The zero-order valence-corrected chi connectivity index (χ0v) is 9.60. The molecule has 1 aromatic rings. The van der Waals surface area contributed by atoms with Crippen LogP contribution in [0.25, 0.3) is 0 Å². The first-order valence-electron chi connectivity index (χ1n) is 4.98. The van der Waals surface area contributed by atoms with Gasteiger partial charge in [0, 0.05) is 18.8 Å². The minimum Gasteiger partial charge on any atom is -0.399 e. The number of nitrogens with one attached hydrogen (secondary N) is 2. The topological polar surface area (TPSA) is 127 Å². The predicted molar refractivity (Wildman–Crippen MR) is 63.9 cm³/mol. The summed E-state index contributed by atoms with van der Waals surface area (Å²) in [6.45, 7) is -0.263. The van der Waals surface area contributed by atoms with Gasteiger partial charge in [0.1, 0.15) is 5.56 Å². The van der Waals surface area contributed by atoms with Crippen molar-refractivity contribution in [2.45, 2.75) is 0 Å². The van der Waals surface area contributed by atoms with E-state index in [0.29, 0.717) is 0 Å². The Labute approximate surface area is 102 Å². The third-order valence-corrected chi connectivity index (χ3v) is 2.15. The number of nitro groups is 1. The molecule has 8 heteroatoms. The van der Waals surface area contributed by atoms with Gasteiger partial charge in [0.05, 0.1) is 11.5 Å². The van der Waals surface area contributed by atoms with Gasteiger partial charge >= 0.3 is 0 Å². The molecule has 0 aliphatic carbocycles. The minimum atomic E-state index is -0.724. The van der Waals surface area contributed by atoms with E-state index in [1.54, 1.807) is 0 Å². The van der Waals surface area contributed by atoms with Crippen LogP contribution in [0.2, 0.25) is 0 Å². The van der Waals surface area contributed by atoms with Gasteiger partial charge in [-0.05, 0) is 12.1 Å². The van der Waals surface area contributed by atoms with Gasteiger partial charge in [0.25, 0.3) is 11.6 Å². The van der Waals surface area contributed by atoms with E-state index in [-0.39, 0.29) is 23.5 Å². The molecule has 0 aliphatic rings. The number of rotatable bonds is 4. The number of amides is 2. The number of nitro benzene ring substituents is 1. The number of nitrogen functional groups attached to an aromatic ring is 1. The molecule has 0 heterocycles. The van der Waals surface area contributed by atoms with E-state index < -0.39 is 16.7 Å². The zero-order chi connectivity index (χ0) is 13.7. The third-order valence-electron chi connectivity index (χ3n) is 2.15. The molecule has 8 nitrogen and oxygen atoms in total. The van der Waals surface area contributed by atoms with Gasteiger partial charge in [0.2, 0.25) is 5.91 Å².